The average molecular weight is 248 g/mol. The maximum Gasteiger partial charge on any atom is 0.125 e. The van der Waals surface area contributed by atoms with E-state index in [-0.39, 0.29) is 5.54 Å². The van der Waals surface area contributed by atoms with E-state index in [4.69, 9.17) is 0 Å². The Morgan fingerprint density at radius 2 is 2.11 bits per heavy atom. The largest absolute Gasteiger partial charge is 0.373 e. The molecule has 0 bridgehead atoms. The molecule has 2 heterocycles. The van der Waals surface area contributed by atoms with Crippen LogP contribution in [0.15, 0.2) is 18.3 Å². The maximum atomic E-state index is 4.37. The third-order valence-corrected chi connectivity index (χ3v) is 3.88. The van der Waals surface area contributed by atoms with Crippen molar-refractivity contribution in [3.05, 3.63) is 23.9 Å². The van der Waals surface area contributed by atoms with Gasteiger partial charge in [0.2, 0.25) is 0 Å². The van der Waals surface area contributed by atoms with Crippen molar-refractivity contribution in [3.8, 4) is 0 Å². The summed E-state index contributed by atoms with van der Waals surface area (Å²) in [6.45, 7) is 8.98. The SMILES string of the molecule is CNc1ccc(CN2CCN(C)C(C)(C)C2)cn1. The van der Waals surface area contributed by atoms with Crippen molar-refractivity contribution in [2.75, 3.05) is 39.0 Å². The van der Waals surface area contributed by atoms with E-state index in [1.807, 2.05) is 19.3 Å². The van der Waals surface area contributed by atoms with E-state index >= 15 is 0 Å². The van der Waals surface area contributed by atoms with Crippen molar-refractivity contribution in [1.29, 1.82) is 0 Å². The Balaban J connectivity index is 1.97. The number of hydrogen-bond donors (Lipinski definition) is 1. The smallest absolute Gasteiger partial charge is 0.125 e. The molecule has 0 amide bonds. The number of anilines is 1. The predicted octanol–water partition coefficient (Wildman–Crippen LogP) is 1.65. The molecule has 0 spiro atoms. The van der Waals surface area contributed by atoms with E-state index in [9.17, 15) is 0 Å². The van der Waals surface area contributed by atoms with Crippen LogP contribution in [0.5, 0.6) is 0 Å². The van der Waals surface area contributed by atoms with Gasteiger partial charge in [-0.3, -0.25) is 9.80 Å². The first-order valence-corrected chi connectivity index (χ1v) is 6.57. The van der Waals surface area contributed by atoms with Crippen molar-refractivity contribution in [2.45, 2.75) is 25.9 Å². The minimum absolute atomic E-state index is 0.261. The van der Waals surface area contributed by atoms with Crippen LogP contribution < -0.4 is 5.32 Å². The summed E-state index contributed by atoms with van der Waals surface area (Å²) in [6, 6.07) is 4.20. The zero-order valence-electron chi connectivity index (χ0n) is 11.9. The number of nitrogens with one attached hydrogen (secondary N) is 1. The summed E-state index contributed by atoms with van der Waals surface area (Å²) in [5.41, 5.74) is 1.55. The lowest BCUT2D eigenvalue weighted by molar-refractivity contribution is 0.0359. The zero-order valence-corrected chi connectivity index (χ0v) is 11.9. The lowest BCUT2D eigenvalue weighted by atomic mass is 9.99. The molecule has 1 aliphatic heterocycles. The van der Waals surface area contributed by atoms with E-state index in [1.165, 1.54) is 5.56 Å². The molecule has 18 heavy (non-hydrogen) atoms. The quantitative estimate of drug-likeness (QED) is 0.881. The Bertz CT molecular complexity index is 385. The number of piperazine rings is 1. The second kappa shape index (κ2) is 5.24. The molecule has 0 aromatic carbocycles. The molecule has 4 nitrogen and oxygen atoms in total. The minimum atomic E-state index is 0.261. The molecular formula is C14H24N4. The van der Waals surface area contributed by atoms with Crippen molar-refractivity contribution in [3.63, 3.8) is 0 Å². The van der Waals surface area contributed by atoms with Gasteiger partial charge in [-0.2, -0.15) is 0 Å². The van der Waals surface area contributed by atoms with Gasteiger partial charge in [0.25, 0.3) is 0 Å². The van der Waals surface area contributed by atoms with Gasteiger partial charge < -0.3 is 5.32 Å². The number of likely N-dealkylation sites (N-methyl/N-ethyl adjacent to an activating group) is 1. The molecule has 2 rings (SSSR count). The lowest BCUT2D eigenvalue weighted by Crippen LogP contribution is -2.57. The first-order chi connectivity index (χ1) is 8.51. The normalized spacial score (nSPS) is 20.9. The number of aromatic nitrogens is 1. The van der Waals surface area contributed by atoms with Gasteiger partial charge >= 0.3 is 0 Å². The number of nitrogens with zero attached hydrogens (tertiary/aromatic N) is 3. The van der Waals surface area contributed by atoms with Gasteiger partial charge in [-0.05, 0) is 32.5 Å². The van der Waals surface area contributed by atoms with Gasteiger partial charge in [0.05, 0.1) is 0 Å². The Kier molecular flexibility index (Phi) is 3.88. The number of pyridine rings is 1. The summed E-state index contributed by atoms with van der Waals surface area (Å²) < 4.78 is 0. The summed E-state index contributed by atoms with van der Waals surface area (Å²) in [6.07, 6.45) is 1.97. The fourth-order valence-corrected chi connectivity index (χ4v) is 2.40. The molecular weight excluding hydrogens is 224 g/mol. The summed E-state index contributed by atoms with van der Waals surface area (Å²) in [5.74, 6) is 0.928. The third kappa shape index (κ3) is 3.00. The molecule has 0 aliphatic carbocycles. The van der Waals surface area contributed by atoms with Crippen LogP contribution >= 0.6 is 0 Å². The van der Waals surface area contributed by atoms with Gasteiger partial charge in [0.1, 0.15) is 5.82 Å². The number of rotatable bonds is 3. The molecule has 4 heteroatoms. The molecule has 1 aromatic heterocycles. The Labute approximate surface area is 110 Å². The predicted molar refractivity (Wildman–Crippen MR) is 75.8 cm³/mol. The van der Waals surface area contributed by atoms with Gasteiger partial charge in [-0.1, -0.05) is 6.07 Å². The molecule has 1 aliphatic rings. The van der Waals surface area contributed by atoms with Crippen LogP contribution in [0.2, 0.25) is 0 Å². The molecule has 0 atom stereocenters. The summed E-state index contributed by atoms with van der Waals surface area (Å²) in [5, 5.41) is 3.05. The molecule has 1 fully saturated rings. The fourth-order valence-electron chi connectivity index (χ4n) is 2.40. The van der Waals surface area contributed by atoms with Crippen LogP contribution in [0.3, 0.4) is 0 Å². The maximum absolute atomic E-state index is 4.37. The first-order valence-electron chi connectivity index (χ1n) is 6.57. The topological polar surface area (TPSA) is 31.4 Å². The van der Waals surface area contributed by atoms with Crippen LogP contribution in [-0.4, -0.2) is 54.1 Å². The molecule has 100 valence electrons. The van der Waals surface area contributed by atoms with Crippen LogP contribution in [0.25, 0.3) is 0 Å². The van der Waals surface area contributed by atoms with Gasteiger partial charge in [0.15, 0.2) is 0 Å². The second-order valence-electron chi connectivity index (χ2n) is 5.75. The van der Waals surface area contributed by atoms with E-state index in [1.54, 1.807) is 0 Å². The van der Waals surface area contributed by atoms with Crippen LogP contribution in [-0.2, 0) is 6.54 Å². The minimum Gasteiger partial charge on any atom is -0.373 e. The van der Waals surface area contributed by atoms with Crippen LogP contribution in [0.4, 0.5) is 5.82 Å². The average Bonchev–Trinajstić information content (AvgIpc) is 2.34. The number of hydrogen-bond acceptors (Lipinski definition) is 4. The first kappa shape index (κ1) is 13.3. The highest BCUT2D eigenvalue weighted by molar-refractivity contribution is 5.34. The second-order valence-corrected chi connectivity index (χ2v) is 5.75. The van der Waals surface area contributed by atoms with Crippen molar-refractivity contribution in [1.82, 2.24) is 14.8 Å². The molecule has 0 radical (unpaired) electrons. The fraction of sp³-hybridized carbons (Fsp3) is 0.643. The van der Waals surface area contributed by atoms with Gasteiger partial charge in [-0.15, -0.1) is 0 Å². The van der Waals surface area contributed by atoms with Gasteiger partial charge in [-0.25, -0.2) is 4.98 Å². The molecule has 1 aromatic rings. The van der Waals surface area contributed by atoms with E-state index in [0.29, 0.717) is 0 Å². The van der Waals surface area contributed by atoms with E-state index < -0.39 is 0 Å². The highest BCUT2D eigenvalue weighted by Gasteiger charge is 2.30. The lowest BCUT2D eigenvalue weighted by Gasteiger charge is -2.45. The summed E-state index contributed by atoms with van der Waals surface area (Å²) >= 11 is 0. The molecule has 0 saturated carbocycles. The zero-order chi connectivity index (χ0) is 13.2. The summed E-state index contributed by atoms with van der Waals surface area (Å²) in [7, 11) is 4.10. The van der Waals surface area contributed by atoms with Crippen molar-refractivity contribution < 1.29 is 0 Å². The van der Waals surface area contributed by atoms with Crippen LogP contribution in [0.1, 0.15) is 19.4 Å². The van der Waals surface area contributed by atoms with Crippen molar-refractivity contribution in [2.24, 2.45) is 0 Å². The monoisotopic (exact) mass is 248 g/mol. The standard InChI is InChI=1S/C14H24N4/c1-14(2)11-18(8-7-17(14)4)10-12-5-6-13(15-3)16-9-12/h5-6,9H,7-8,10-11H2,1-4H3,(H,15,16). The Morgan fingerprint density at radius 1 is 1.33 bits per heavy atom. The molecule has 1 N–H and O–H groups in total. The van der Waals surface area contributed by atoms with Crippen molar-refractivity contribution >= 4 is 5.82 Å². The van der Waals surface area contributed by atoms with Crippen LogP contribution in [0, 0.1) is 0 Å². The Morgan fingerprint density at radius 3 is 2.67 bits per heavy atom. The Hall–Kier alpha value is -1.13. The molecule has 0 unspecified atom stereocenters. The molecule has 1 saturated heterocycles. The van der Waals surface area contributed by atoms with Gasteiger partial charge in [0, 0.05) is 45.0 Å². The highest BCUT2D eigenvalue weighted by Crippen LogP contribution is 2.20. The highest BCUT2D eigenvalue weighted by atomic mass is 15.3. The third-order valence-electron chi connectivity index (χ3n) is 3.88. The van der Waals surface area contributed by atoms with E-state index in [0.717, 1.165) is 32.0 Å². The van der Waals surface area contributed by atoms with E-state index in [2.05, 4.69) is 47.1 Å². The summed E-state index contributed by atoms with van der Waals surface area (Å²) in [4.78, 5) is 9.31.